The number of aliphatic imine (C=N–C) groups is 1. The summed E-state index contributed by atoms with van der Waals surface area (Å²) < 4.78 is 39.3. The topological polar surface area (TPSA) is 76.0 Å². The number of hydrogen-bond donors (Lipinski definition) is 1. The number of ether oxygens (including phenoxy) is 1. The Hall–Kier alpha value is -1.12. The highest BCUT2D eigenvalue weighted by Gasteiger charge is 2.13. The van der Waals surface area contributed by atoms with Crippen LogP contribution >= 0.6 is 11.8 Å². The molecule has 0 bridgehead atoms. The van der Waals surface area contributed by atoms with Gasteiger partial charge in [0, 0.05) is 12.1 Å². The predicted molar refractivity (Wildman–Crippen MR) is 74.3 cm³/mol. The average Bonchev–Trinajstić information content (AvgIpc) is 2.35. The lowest BCUT2D eigenvalue weighted by Crippen LogP contribution is -2.09. The van der Waals surface area contributed by atoms with E-state index < -0.39 is 10.5 Å². The maximum Gasteiger partial charge on any atom is 0.435 e. The fourth-order valence-corrected chi connectivity index (χ4v) is 2.27. The molecule has 8 heteroatoms. The van der Waals surface area contributed by atoms with Gasteiger partial charge in [-0.1, -0.05) is 9.95 Å². The van der Waals surface area contributed by atoms with Crippen LogP contribution < -0.4 is 4.74 Å². The number of fused-ring (bicyclic) bond motifs is 1. The van der Waals surface area contributed by atoms with Crippen LogP contribution in [0.2, 0.25) is 0 Å². The summed E-state index contributed by atoms with van der Waals surface area (Å²) >= 11 is 1.70. The normalized spacial score (nSPS) is 13.8. The van der Waals surface area contributed by atoms with Gasteiger partial charge in [-0.2, -0.15) is 8.42 Å². The van der Waals surface area contributed by atoms with E-state index in [1.807, 2.05) is 6.07 Å². The molecule has 1 heterocycles. The molecule has 0 saturated heterocycles. The third kappa shape index (κ3) is 5.58. The molecule has 0 fully saturated rings. The summed E-state index contributed by atoms with van der Waals surface area (Å²) in [6.07, 6.45) is 3.11. The molecule has 0 saturated carbocycles. The standard InChI is InChI=1S/C11H13NOS.FHO3S/c1-13-9-4-3-8-5-6-12-11(14-2)10(8)7-9;1-5(2,3)4/h3-4,7H,5-6H2,1-2H3;(H,2,3,4). The van der Waals surface area contributed by atoms with Crippen molar-refractivity contribution in [3.8, 4) is 5.75 Å². The van der Waals surface area contributed by atoms with Crippen molar-refractivity contribution >= 4 is 27.3 Å². The van der Waals surface area contributed by atoms with Gasteiger partial charge in [0.05, 0.1) is 12.2 Å². The molecule has 1 aromatic rings. The molecule has 0 atom stereocenters. The smallest absolute Gasteiger partial charge is 0.435 e. The van der Waals surface area contributed by atoms with Gasteiger partial charge in [-0.25, -0.2) is 0 Å². The SMILES string of the molecule is COc1ccc2c(c1)C(SC)=NCC2.O=S(=O)(O)F. The first kappa shape index (κ1) is 15.9. The third-order valence-corrected chi connectivity index (χ3v) is 3.11. The van der Waals surface area contributed by atoms with Gasteiger partial charge < -0.3 is 4.74 Å². The molecular weight excluding hydrogens is 293 g/mol. The van der Waals surface area contributed by atoms with E-state index in [1.165, 1.54) is 11.1 Å². The van der Waals surface area contributed by atoms with E-state index in [9.17, 15) is 3.89 Å². The van der Waals surface area contributed by atoms with E-state index in [-0.39, 0.29) is 0 Å². The zero-order valence-electron chi connectivity index (χ0n) is 10.5. The van der Waals surface area contributed by atoms with Gasteiger partial charge >= 0.3 is 10.5 Å². The molecule has 19 heavy (non-hydrogen) atoms. The number of methoxy groups -OCH3 is 1. The van der Waals surface area contributed by atoms with Gasteiger partial charge in [0.25, 0.3) is 0 Å². The molecule has 0 unspecified atom stereocenters. The van der Waals surface area contributed by atoms with Crippen LogP contribution in [0.3, 0.4) is 0 Å². The van der Waals surface area contributed by atoms with Crippen molar-refractivity contribution in [2.45, 2.75) is 6.42 Å². The number of benzene rings is 1. The van der Waals surface area contributed by atoms with Gasteiger partial charge in [-0.05, 0) is 30.4 Å². The van der Waals surface area contributed by atoms with E-state index in [4.69, 9.17) is 17.7 Å². The highest BCUT2D eigenvalue weighted by Crippen LogP contribution is 2.25. The molecule has 1 aromatic carbocycles. The van der Waals surface area contributed by atoms with Crippen molar-refractivity contribution in [2.24, 2.45) is 4.99 Å². The fraction of sp³-hybridized carbons (Fsp3) is 0.364. The molecule has 2 rings (SSSR count). The lowest BCUT2D eigenvalue weighted by Gasteiger charge is -2.16. The Labute approximate surface area is 115 Å². The van der Waals surface area contributed by atoms with Crippen LogP contribution in [-0.4, -0.2) is 37.9 Å². The maximum atomic E-state index is 10.2. The molecule has 5 nitrogen and oxygen atoms in total. The Morgan fingerprint density at radius 2 is 2.11 bits per heavy atom. The van der Waals surface area contributed by atoms with Crippen LogP contribution in [0.1, 0.15) is 11.1 Å². The van der Waals surface area contributed by atoms with Crippen LogP contribution in [0.5, 0.6) is 5.75 Å². The summed E-state index contributed by atoms with van der Waals surface area (Å²) in [5.74, 6) is 0.910. The highest BCUT2D eigenvalue weighted by atomic mass is 32.3. The summed E-state index contributed by atoms with van der Waals surface area (Å²) in [5, 5.41) is 1.13. The van der Waals surface area contributed by atoms with Crippen LogP contribution in [0, 0.1) is 0 Å². The van der Waals surface area contributed by atoms with Gasteiger partial charge in [0.2, 0.25) is 0 Å². The molecule has 106 valence electrons. The fourth-order valence-electron chi connectivity index (χ4n) is 1.64. The van der Waals surface area contributed by atoms with Crippen molar-refractivity contribution in [1.29, 1.82) is 0 Å². The summed E-state index contributed by atoms with van der Waals surface area (Å²) in [5.41, 5.74) is 2.62. The van der Waals surface area contributed by atoms with Crippen molar-refractivity contribution in [2.75, 3.05) is 19.9 Å². The van der Waals surface area contributed by atoms with Gasteiger partial charge in [0.1, 0.15) is 5.75 Å². The highest BCUT2D eigenvalue weighted by molar-refractivity contribution is 8.13. The van der Waals surface area contributed by atoms with Crippen LogP contribution in [0.15, 0.2) is 23.2 Å². The van der Waals surface area contributed by atoms with E-state index in [2.05, 4.69) is 23.4 Å². The number of thioether (sulfide) groups is 1. The number of halogens is 1. The van der Waals surface area contributed by atoms with Crippen molar-refractivity contribution in [1.82, 2.24) is 0 Å². The van der Waals surface area contributed by atoms with E-state index in [0.29, 0.717) is 0 Å². The van der Waals surface area contributed by atoms with Crippen LogP contribution in [0.4, 0.5) is 3.89 Å². The van der Waals surface area contributed by atoms with Crippen molar-refractivity contribution < 1.29 is 21.6 Å². The second kappa shape index (κ2) is 6.88. The molecular formula is C11H14FNO4S2. The van der Waals surface area contributed by atoms with Crippen LogP contribution in [0.25, 0.3) is 0 Å². The minimum atomic E-state index is -5.17. The van der Waals surface area contributed by atoms with E-state index in [0.717, 1.165) is 23.8 Å². The minimum Gasteiger partial charge on any atom is -0.497 e. The number of rotatable bonds is 1. The number of hydrogen-bond acceptors (Lipinski definition) is 5. The molecule has 1 N–H and O–H groups in total. The predicted octanol–water partition coefficient (Wildman–Crippen LogP) is 2.12. The maximum absolute atomic E-state index is 10.2. The van der Waals surface area contributed by atoms with Crippen LogP contribution in [-0.2, 0) is 16.9 Å². The Balaban J connectivity index is 0.000000312. The first-order valence-corrected chi connectivity index (χ1v) is 7.84. The summed E-state index contributed by atoms with van der Waals surface area (Å²) in [4.78, 5) is 4.49. The summed E-state index contributed by atoms with van der Waals surface area (Å²) in [6, 6.07) is 6.23. The molecule has 0 aliphatic carbocycles. The van der Waals surface area contributed by atoms with E-state index >= 15 is 0 Å². The summed E-state index contributed by atoms with van der Waals surface area (Å²) in [6.45, 7) is 0.912. The zero-order chi connectivity index (χ0) is 14.5. The second-order valence-electron chi connectivity index (χ2n) is 3.58. The zero-order valence-corrected chi connectivity index (χ0v) is 12.1. The molecule has 1 aliphatic heterocycles. The lowest BCUT2D eigenvalue weighted by molar-refractivity contribution is 0.414. The van der Waals surface area contributed by atoms with E-state index in [1.54, 1.807) is 18.9 Å². The quantitative estimate of drug-likeness (QED) is 0.635. The van der Waals surface area contributed by atoms with Gasteiger partial charge in [-0.3, -0.25) is 9.55 Å². The van der Waals surface area contributed by atoms with Crippen molar-refractivity contribution in [3.63, 3.8) is 0 Å². The first-order chi connectivity index (χ1) is 8.85. The third-order valence-electron chi connectivity index (χ3n) is 2.38. The molecule has 0 spiro atoms. The Kier molecular flexibility index (Phi) is 5.77. The van der Waals surface area contributed by atoms with Crippen molar-refractivity contribution in [3.05, 3.63) is 29.3 Å². The molecule has 0 aromatic heterocycles. The first-order valence-electron chi connectivity index (χ1n) is 5.28. The largest absolute Gasteiger partial charge is 0.497 e. The van der Waals surface area contributed by atoms with Gasteiger partial charge in [-0.15, -0.1) is 11.8 Å². The second-order valence-corrected chi connectivity index (χ2v) is 5.20. The monoisotopic (exact) mass is 307 g/mol. The number of nitrogens with zero attached hydrogens (tertiary/aromatic N) is 1. The average molecular weight is 307 g/mol. The molecule has 1 aliphatic rings. The lowest BCUT2D eigenvalue weighted by atomic mass is 10.0. The molecule has 0 amide bonds. The Bertz CT molecular complexity index is 564. The molecule has 0 radical (unpaired) electrons. The Morgan fingerprint density at radius 3 is 2.63 bits per heavy atom. The summed E-state index contributed by atoms with van der Waals surface area (Å²) in [7, 11) is -3.47. The minimum absolute atomic E-state index is 0.910. The Morgan fingerprint density at radius 1 is 1.47 bits per heavy atom. The van der Waals surface area contributed by atoms with Gasteiger partial charge in [0.15, 0.2) is 0 Å².